The van der Waals surface area contributed by atoms with Crippen LogP contribution in [0.2, 0.25) is 0 Å². The Kier molecular flexibility index (Phi) is 5.13. The van der Waals surface area contributed by atoms with Crippen LogP contribution in [0.5, 0.6) is 0 Å². The minimum absolute atomic E-state index is 0.0327. The number of pyridine rings is 1. The lowest BCUT2D eigenvalue weighted by Gasteiger charge is -2.10. The predicted octanol–water partition coefficient (Wildman–Crippen LogP) is 3.35. The molecule has 0 aliphatic rings. The van der Waals surface area contributed by atoms with Crippen molar-refractivity contribution in [3.8, 4) is 11.4 Å². The second-order valence-electron chi connectivity index (χ2n) is 5.66. The zero-order valence-corrected chi connectivity index (χ0v) is 15.3. The Morgan fingerprint density at radius 2 is 1.62 bits per heavy atom. The molecule has 0 spiro atoms. The minimum atomic E-state index is -3.28. The Hall–Kier alpha value is -3.00. The van der Waals surface area contributed by atoms with E-state index in [-0.39, 0.29) is 5.75 Å². The van der Waals surface area contributed by atoms with Gasteiger partial charge in [-0.1, -0.05) is 0 Å². The van der Waals surface area contributed by atoms with Gasteiger partial charge < -0.3 is 5.32 Å². The monoisotopic (exact) mass is 369 g/mol. The molecule has 2 aromatic heterocycles. The fourth-order valence-electron chi connectivity index (χ4n) is 2.28. The third-order valence-electron chi connectivity index (χ3n) is 3.60. The van der Waals surface area contributed by atoms with Crippen LogP contribution in [0.3, 0.4) is 0 Å². The lowest BCUT2D eigenvalue weighted by Crippen LogP contribution is -2.14. The van der Waals surface area contributed by atoms with E-state index in [1.165, 1.54) is 0 Å². The Balaban J connectivity index is 1.80. The van der Waals surface area contributed by atoms with Gasteiger partial charge in [-0.3, -0.25) is 9.71 Å². The standard InChI is InChI=1S/C18H19N5O2S/c1-3-26(24,25)23-16-6-4-15(5-7-16)21-17-12-13(2)20-18(22-17)14-8-10-19-11-9-14/h4-12,23H,3H2,1-2H3,(H,20,21,22). The molecule has 0 aliphatic carbocycles. The number of benzene rings is 1. The second kappa shape index (κ2) is 7.49. The van der Waals surface area contributed by atoms with Gasteiger partial charge in [0.1, 0.15) is 5.82 Å². The summed E-state index contributed by atoms with van der Waals surface area (Å²) in [6, 6.07) is 12.5. The molecule has 26 heavy (non-hydrogen) atoms. The Morgan fingerprint density at radius 1 is 0.962 bits per heavy atom. The first-order valence-electron chi connectivity index (χ1n) is 8.09. The molecule has 0 aliphatic heterocycles. The van der Waals surface area contributed by atoms with E-state index in [2.05, 4.69) is 25.0 Å². The van der Waals surface area contributed by atoms with Gasteiger partial charge in [0.15, 0.2) is 5.82 Å². The summed E-state index contributed by atoms with van der Waals surface area (Å²) in [5, 5.41) is 3.21. The SMILES string of the molecule is CCS(=O)(=O)Nc1ccc(Nc2cc(C)nc(-c3ccncc3)n2)cc1. The van der Waals surface area contributed by atoms with Gasteiger partial charge in [0, 0.05) is 41.1 Å². The van der Waals surface area contributed by atoms with E-state index in [1.807, 2.05) is 25.1 Å². The maximum atomic E-state index is 11.6. The van der Waals surface area contributed by atoms with Gasteiger partial charge in [0.05, 0.1) is 5.75 Å². The van der Waals surface area contributed by atoms with Crippen LogP contribution in [0, 0.1) is 6.92 Å². The average Bonchev–Trinajstić information content (AvgIpc) is 2.63. The van der Waals surface area contributed by atoms with Crippen LogP contribution >= 0.6 is 0 Å². The molecule has 134 valence electrons. The summed E-state index contributed by atoms with van der Waals surface area (Å²) in [6.45, 7) is 3.50. The van der Waals surface area contributed by atoms with Crippen LogP contribution in [-0.4, -0.2) is 29.1 Å². The van der Waals surface area contributed by atoms with Gasteiger partial charge in [0.2, 0.25) is 10.0 Å². The first kappa shape index (κ1) is 17.8. The van der Waals surface area contributed by atoms with E-state index in [0.29, 0.717) is 17.3 Å². The van der Waals surface area contributed by atoms with E-state index in [0.717, 1.165) is 16.9 Å². The van der Waals surface area contributed by atoms with Crippen LogP contribution < -0.4 is 10.0 Å². The van der Waals surface area contributed by atoms with Crippen molar-refractivity contribution in [2.75, 3.05) is 15.8 Å². The van der Waals surface area contributed by atoms with Gasteiger partial charge in [-0.05, 0) is 50.2 Å². The zero-order chi connectivity index (χ0) is 18.6. The summed E-state index contributed by atoms with van der Waals surface area (Å²) in [7, 11) is -3.28. The largest absolute Gasteiger partial charge is 0.340 e. The maximum Gasteiger partial charge on any atom is 0.232 e. The van der Waals surface area contributed by atoms with Crippen LogP contribution in [0.1, 0.15) is 12.6 Å². The third kappa shape index (κ3) is 4.54. The maximum absolute atomic E-state index is 11.6. The molecule has 7 nitrogen and oxygen atoms in total. The van der Waals surface area contributed by atoms with E-state index in [4.69, 9.17) is 0 Å². The van der Waals surface area contributed by atoms with E-state index in [1.54, 1.807) is 43.6 Å². The van der Waals surface area contributed by atoms with Crippen molar-refractivity contribution in [2.45, 2.75) is 13.8 Å². The van der Waals surface area contributed by atoms with Crippen LogP contribution in [0.4, 0.5) is 17.2 Å². The van der Waals surface area contributed by atoms with E-state index >= 15 is 0 Å². The molecule has 0 amide bonds. The van der Waals surface area contributed by atoms with Crippen molar-refractivity contribution >= 4 is 27.2 Å². The molecule has 0 unspecified atom stereocenters. The van der Waals surface area contributed by atoms with Gasteiger partial charge in [-0.25, -0.2) is 18.4 Å². The number of rotatable bonds is 6. The summed E-state index contributed by atoms with van der Waals surface area (Å²) >= 11 is 0. The van der Waals surface area contributed by atoms with E-state index < -0.39 is 10.0 Å². The summed E-state index contributed by atoms with van der Waals surface area (Å²) in [6.07, 6.45) is 3.40. The lowest BCUT2D eigenvalue weighted by molar-refractivity contribution is 0.602. The van der Waals surface area contributed by atoms with Crippen molar-refractivity contribution in [3.05, 3.63) is 60.6 Å². The van der Waals surface area contributed by atoms with Crippen molar-refractivity contribution < 1.29 is 8.42 Å². The molecule has 8 heteroatoms. The highest BCUT2D eigenvalue weighted by Crippen LogP contribution is 2.21. The molecule has 0 atom stereocenters. The Morgan fingerprint density at radius 3 is 2.27 bits per heavy atom. The number of anilines is 3. The number of sulfonamides is 1. The number of hydrogen-bond donors (Lipinski definition) is 2. The van der Waals surface area contributed by atoms with Gasteiger partial charge in [-0.2, -0.15) is 0 Å². The number of nitrogens with one attached hydrogen (secondary N) is 2. The topological polar surface area (TPSA) is 96.9 Å². The van der Waals surface area contributed by atoms with Crippen molar-refractivity contribution in [3.63, 3.8) is 0 Å². The van der Waals surface area contributed by atoms with Gasteiger partial charge >= 0.3 is 0 Å². The number of hydrogen-bond acceptors (Lipinski definition) is 6. The number of aromatic nitrogens is 3. The summed E-state index contributed by atoms with van der Waals surface area (Å²) in [4.78, 5) is 13.0. The second-order valence-corrected chi connectivity index (χ2v) is 7.67. The number of aryl methyl sites for hydroxylation is 1. The van der Waals surface area contributed by atoms with Crippen LogP contribution in [0.15, 0.2) is 54.9 Å². The molecular weight excluding hydrogens is 350 g/mol. The Bertz CT molecular complexity index is 990. The molecule has 0 saturated carbocycles. The average molecular weight is 369 g/mol. The third-order valence-corrected chi connectivity index (χ3v) is 4.91. The van der Waals surface area contributed by atoms with E-state index in [9.17, 15) is 8.42 Å². The minimum Gasteiger partial charge on any atom is -0.340 e. The summed E-state index contributed by atoms with van der Waals surface area (Å²) in [5.74, 6) is 1.30. The quantitative estimate of drug-likeness (QED) is 0.692. The molecule has 2 heterocycles. The first-order chi connectivity index (χ1) is 12.4. The van der Waals surface area contributed by atoms with Gasteiger partial charge in [0.25, 0.3) is 0 Å². The van der Waals surface area contributed by atoms with Crippen LogP contribution in [-0.2, 0) is 10.0 Å². The van der Waals surface area contributed by atoms with Gasteiger partial charge in [-0.15, -0.1) is 0 Å². The highest BCUT2D eigenvalue weighted by molar-refractivity contribution is 7.92. The molecule has 0 fully saturated rings. The normalized spacial score (nSPS) is 11.2. The fourth-order valence-corrected chi connectivity index (χ4v) is 2.92. The molecule has 1 aromatic carbocycles. The summed E-state index contributed by atoms with van der Waals surface area (Å²) < 4.78 is 25.7. The zero-order valence-electron chi connectivity index (χ0n) is 14.5. The lowest BCUT2D eigenvalue weighted by atomic mass is 10.2. The highest BCUT2D eigenvalue weighted by Gasteiger charge is 2.08. The molecule has 3 rings (SSSR count). The van der Waals surface area contributed by atoms with Crippen molar-refractivity contribution in [1.82, 2.24) is 15.0 Å². The molecular formula is C18H19N5O2S. The Labute approximate surface area is 152 Å². The first-order valence-corrected chi connectivity index (χ1v) is 9.74. The van der Waals surface area contributed by atoms with Crippen LogP contribution in [0.25, 0.3) is 11.4 Å². The molecule has 0 bridgehead atoms. The summed E-state index contributed by atoms with van der Waals surface area (Å²) in [5.41, 5.74) is 3.04. The molecule has 0 radical (unpaired) electrons. The van der Waals surface area contributed by atoms with Crippen molar-refractivity contribution in [1.29, 1.82) is 0 Å². The molecule has 2 N–H and O–H groups in total. The highest BCUT2D eigenvalue weighted by atomic mass is 32.2. The predicted molar refractivity (Wildman–Crippen MR) is 103 cm³/mol. The fraction of sp³-hybridized carbons (Fsp3) is 0.167. The smallest absolute Gasteiger partial charge is 0.232 e. The number of nitrogens with zero attached hydrogens (tertiary/aromatic N) is 3. The van der Waals surface area contributed by atoms with Crippen molar-refractivity contribution in [2.24, 2.45) is 0 Å². The molecule has 0 saturated heterocycles. The molecule has 3 aromatic rings.